The zero-order valence-electron chi connectivity index (χ0n) is 5.28. The van der Waals surface area contributed by atoms with Gasteiger partial charge in [0.1, 0.15) is 6.67 Å². The molecule has 0 rings (SSSR count). The van der Waals surface area contributed by atoms with Gasteiger partial charge < -0.3 is 0 Å². The molecule has 0 nitrogen and oxygen atoms in total. The van der Waals surface area contributed by atoms with E-state index in [0.29, 0.717) is 6.42 Å². The monoisotopic (exact) mass is 115 g/mol. The molecule has 0 aliphatic rings. The highest BCUT2D eigenvalue weighted by atomic mass is 19.1. The fourth-order valence-electron chi connectivity index (χ4n) is 0.498. The van der Waals surface area contributed by atoms with E-state index in [1.54, 1.807) is 0 Å². The SMILES string of the molecule is [CH2]CC=C(CC)CF. The summed E-state index contributed by atoms with van der Waals surface area (Å²) >= 11 is 0. The first-order valence-electron chi connectivity index (χ1n) is 2.88. The fourth-order valence-corrected chi connectivity index (χ4v) is 0.498. The maximum Gasteiger partial charge on any atom is 0.111 e. The summed E-state index contributed by atoms with van der Waals surface area (Å²) in [5, 5.41) is 0. The molecular weight excluding hydrogens is 103 g/mol. The fraction of sp³-hybridized carbons (Fsp3) is 0.571. The van der Waals surface area contributed by atoms with Crippen molar-refractivity contribution in [3.63, 3.8) is 0 Å². The molecule has 0 spiro atoms. The van der Waals surface area contributed by atoms with E-state index < -0.39 is 0 Å². The van der Waals surface area contributed by atoms with Crippen molar-refractivity contribution in [1.29, 1.82) is 0 Å². The minimum atomic E-state index is -0.313. The normalized spacial score (nSPS) is 12.1. The van der Waals surface area contributed by atoms with E-state index in [1.807, 2.05) is 13.0 Å². The van der Waals surface area contributed by atoms with E-state index in [4.69, 9.17) is 0 Å². The van der Waals surface area contributed by atoms with Crippen LogP contribution in [0.1, 0.15) is 19.8 Å². The van der Waals surface area contributed by atoms with Gasteiger partial charge in [0.25, 0.3) is 0 Å². The molecule has 0 aromatic heterocycles. The largest absolute Gasteiger partial charge is 0.246 e. The number of halogens is 1. The minimum absolute atomic E-state index is 0.313. The predicted octanol–water partition coefficient (Wildman–Crippen LogP) is 2.52. The van der Waals surface area contributed by atoms with Crippen LogP contribution in [0.4, 0.5) is 4.39 Å². The van der Waals surface area contributed by atoms with Crippen molar-refractivity contribution < 1.29 is 4.39 Å². The van der Waals surface area contributed by atoms with E-state index in [0.717, 1.165) is 12.0 Å². The molecule has 0 aromatic rings. The maximum absolute atomic E-state index is 11.7. The number of hydrogen-bond donors (Lipinski definition) is 0. The van der Waals surface area contributed by atoms with Crippen LogP contribution in [0.5, 0.6) is 0 Å². The van der Waals surface area contributed by atoms with Crippen LogP contribution >= 0.6 is 0 Å². The third-order valence-corrected chi connectivity index (χ3v) is 1.06. The van der Waals surface area contributed by atoms with Crippen LogP contribution in [0.25, 0.3) is 0 Å². The average Bonchev–Trinajstić information content (AvgIpc) is 1.83. The third kappa shape index (κ3) is 2.78. The van der Waals surface area contributed by atoms with Crippen molar-refractivity contribution >= 4 is 0 Å². The molecule has 0 bridgehead atoms. The quantitative estimate of drug-likeness (QED) is 0.496. The van der Waals surface area contributed by atoms with Crippen molar-refractivity contribution in [2.75, 3.05) is 6.67 Å². The zero-order chi connectivity index (χ0) is 6.41. The molecule has 0 fully saturated rings. The van der Waals surface area contributed by atoms with Gasteiger partial charge in [0.15, 0.2) is 0 Å². The zero-order valence-corrected chi connectivity index (χ0v) is 5.28. The standard InChI is InChI=1S/C7H12F/c1-3-5-7(4-2)6-8/h5H,1,3-4,6H2,2H3. The highest BCUT2D eigenvalue weighted by Gasteiger charge is 1.87. The molecule has 0 aliphatic heterocycles. The molecule has 0 N–H and O–H groups in total. The Balaban J connectivity index is 3.49. The van der Waals surface area contributed by atoms with Gasteiger partial charge in [0.2, 0.25) is 0 Å². The summed E-state index contributed by atoms with van der Waals surface area (Å²) in [7, 11) is 0. The van der Waals surface area contributed by atoms with E-state index in [2.05, 4.69) is 6.92 Å². The van der Waals surface area contributed by atoms with Crippen LogP contribution < -0.4 is 0 Å². The summed E-state index contributed by atoms with van der Waals surface area (Å²) in [4.78, 5) is 0. The summed E-state index contributed by atoms with van der Waals surface area (Å²) < 4.78 is 11.7. The molecule has 8 heavy (non-hydrogen) atoms. The van der Waals surface area contributed by atoms with Crippen LogP contribution in [0.2, 0.25) is 0 Å². The van der Waals surface area contributed by atoms with Gasteiger partial charge in [-0.05, 0) is 25.3 Å². The van der Waals surface area contributed by atoms with Gasteiger partial charge in [0, 0.05) is 0 Å². The van der Waals surface area contributed by atoms with Crippen molar-refractivity contribution in [3.8, 4) is 0 Å². The van der Waals surface area contributed by atoms with Gasteiger partial charge in [-0.2, -0.15) is 0 Å². The third-order valence-electron chi connectivity index (χ3n) is 1.06. The highest BCUT2D eigenvalue weighted by Crippen LogP contribution is 2.01. The maximum atomic E-state index is 11.7. The molecular formula is C7H12F. The van der Waals surface area contributed by atoms with Gasteiger partial charge in [-0.15, -0.1) is 0 Å². The number of hydrogen-bond acceptors (Lipinski definition) is 0. The lowest BCUT2D eigenvalue weighted by molar-refractivity contribution is 0.534. The van der Waals surface area contributed by atoms with Gasteiger partial charge in [-0.3, -0.25) is 0 Å². The first-order chi connectivity index (χ1) is 3.85. The summed E-state index contributed by atoms with van der Waals surface area (Å²) in [5.74, 6) is 0. The van der Waals surface area contributed by atoms with Gasteiger partial charge in [0.05, 0.1) is 0 Å². The highest BCUT2D eigenvalue weighted by molar-refractivity contribution is 5.01. The van der Waals surface area contributed by atoms with Crippen molar-refractivity contribution in [2.24, 2.45) is 0 Å². The summed E-state index contributed by atoms with van der Waals surface area (Å²) in [5.41, 5.74) is 0.861. The van der Waals surface area contributed by atoms with Crippen LogP contribution in [-0.2, 0) is 0 Å². The lowest BCUT2D eigenvalue weighted by atomic mass is 10.2. The second kappa shape index (κ2) is 4.82. The topological polar surface area (TPSA) is 0 Å². The Hall–Kier alpha value is -0.330. The Morgan fingerprint density at radius 2 is 2.38 bits per heavy atom. The summed E-state index contributed by atoms with van der Waals surface area (Å²) in [6.45, 7) is 5.21. The first kappa shape index (κ1) is 7.67. The molecule has 0 amide bonds. The molecule has 47 valence electrons. The van der Waals surface area contributed by atoms with Crippen LogP contribution in [0.3, 0.4) is 0 Å². The Labute approximate surface area is 50.4 Å². The molecule has 0 heterocycles. The molecule has 0 aromatic carbocycles. The molecule has 0 saturated heterocycles. The molecule has 0 unspecified atom stereocenters. The number of allylic oxidation sites excluding steroid dienone is 2. The van der Waals surface area contributed by atoms with Crippen LogP contribution in [-0.4, -0.2) is 6.67 Å². The van der Waals surface area contributed by atoms with Crippen molar-refractivity contribution in [3.05, 3.63) is 18.6 Å². The minimum Gasteiger partial charge on any atom is -0.246 e. The molecule has 1 radical (unpaired) electrons. The van der Waals surface area contributed by atoms with E-state index >= 15 is 0 Å². The van der Waals surface area contributed by atoms with Gasteiger partial charge in [-0.25, -0.2) is 4.39 Å². The van der Waals surface area contributed by atoms with E-state index in [9.17, 15) is 4.39 Å². The van der Waals surface area contributed by atoms with Crippen molar-refractivity contribution in [2.45, 2.75) is 19.8 Å². The number of rotatable bonds is 3. The van der Waals surface area contributed by atoms with Crippen LogP contribution in [0, 0.1) is 6.92 Å². The van der Waals surface area contributed by atoms with E-state index in [-0.39, 0.29) is 6.67 Å². The second-order valence-electron chi connectivity index (χ2n) is 1.64. The Morgan fingerprint density at radius 1 is 1.75 bits per heavy atom. The smallest absolute Gasteiger partial charge is 0.111 e. The Morgan fingerprint density at radius 3 is 2.50 bits per heavy atom. The second-order valence-corrected chi connectivity index (χ2v) is 1.64. The summed E-state index contributed by atoms with van der Waals surface area (Å²) in [6, 6.07) is 0. The average molecular weight is 115 g/mol. The lowest BCUT2D eigenvalue weighted by Gasteiger charge is -1.92. The van der Waals surface area contributed by atoms with E-state index in [1.165, 1.54) is 0 Å². The van der Waals surface area contributed by atoms with Gasteiger partial charge >= 0.3 is 0 Å². The van der Waals surface area contributed by atoms with Crippen molar-refractivity contribution in [1.82, 2.24) is 0 Å². The Kier molecular flexibility index (Phi) is 4.62. The lowest BCUT2D eigenvalue weighted by Crippen LogP contribution is -1.80. The first-order valence-corrected chi connectivity index (χ1v) is 2.88. The molecule has 0 atom stereocenters. The Bertz CT molecular complexity index is 68.5. The molecule has 0 saturated carbocycles. The molecule has 0 aliphatic carbocycles. The van der Waals surface area contributed by atoms with Crippen LogP contribution in [0.15, 0.2) is 11.6 Å². The molecule has 1 heteroatoms. The van der Waals surface area contributed by atoms with Gasteiger partial charge in [-0.1, -0.05) is 13.0 Å². The number of alkyl halides is 1. The summed E-state index contributed by atoms with van der Waals surface area (Å²) in [6.07, 6.45) is 3.35. The predicted molar refractivity (Wildman–Crippen MR) is 34.3 cm³/mol.